The summed E-state index contributed by atoms with van der Waals surface area (Å²) in [5.41, 5.74) is -0.0164. The van der Waals surface area contributed by atoms with Crippen molar-refractivity contribution >= 4 is 47.1 Å². The maximum atomic E-state index is 13.5. The molecule has 10 nitrogen and oxygen atoms in total. The molecular formula is C24H23NO9S. The van der Waals surface area contributed by atoms with Crippen LogP contribution in [0.4, 0.5) is 0 Å². The van der Waals surface area contributed by atoms with Gasteiger partial charge in [0.15, 0.2) is 0 Å². The molecule has 0 N–H and O–H groups in total. The Hall–Kier alpha value is -4.12. The van der Waals surface area contributed by atoms with Gasteiger partial charge in [-0.25, -0.2) is 19.2 Å². The number of aromatic nitrogens is 1. The van der Waals surface area contributed by atoms with E-state index in [2.05, 4.69) is 9.47 Å². The van der Waals surface area contributed by atoms with Crippen molar-refractivity contribution < 1.29 is 42.9 Å². The van der Waals surface area contributed by atoms with Gasteiger partial charge in [-0.1, -0.05) is 42.1 Å². The Bertz CT molecular complexity index is 1210. The van der Waals surface area contributed by atoms with Crippen molar-refractivity contribution in [2.75, 3.05) is 28.4 Å². The standard InChI is InChI=1S/C24H23NO9S/c1-14(13-35-17(23(29)33-4)11-18(26)31-2)25-12-16(22(28)32-3)19(24(30)34-5)20(25)21(27)15-9-7-6-8-10-15/h6-13H,1-5H3/b14-13-,17-11-. The highest BCUT2D eigenvalue weighted by molar-refractivity contribution is 8.06. The summed E-state index contributed by atoms with van der Waals surface area (Å²) < 4.78 is 20.2. The van der Waals surface area contributed by atoms with Crippen LogP contribution in [0, 0.1) is 0 Å². The van der Waals surface area contributed by atoms with Gasteiger partial charge in [0, 0.05) is 23.5 Å². The summed E-state index contributed by atoms with van der Waals surface area (Å²) in [5, 5.41) is 1.44. The number of ether oxygens (including phenoxy) is 4. The molecule has 0 spiro atoms. The summed E-state index contributed by atoms with van der Waals surface area (Å²) in [5.74, 6) is -3.89. The van der Waals surface area contributed by atoms with Gasteiger partial charge in [0.2, 0.25) is 5.78 Å². The second-order valence-corrected chi connectivity index (χ2v) is 7.63. The molecule has 0 amide bonds. The fraction of sp³-hybridized carbons (Fsp3) is 0.208. The van der Waals surface area contributed by atoms with E-state index in [1.54, 1.807) is 37.3 Å². The zero-order chi connectivity index (χ0) is 26.1. The van der Waals surface area contributed by atoms with Crippen LogP contribution in [0.3, 0.4) is 0 Å². The van der Waals surface area contributed by atoms with Crippen molar-refractivity contribution in [1.29, 1.82) is 0 Å². The molecule has 1 aromatic carbocycles. The monoisotopic (exact) mass is 501 g/mol. The number of allylic oxidation sites excluding steroid dienone is 1. The van der Waals surface area contributed by atoms with Crippen molar-refractivity contribution in [2.45, 2.75) is 6.92 Å². The number of carbonyl (C=O) groups is 5. The average molecular weight is 502 g/mol. The maximum Gasteiger partial charge on any atom is 0.344 e. The first-order valence-electron chi connectivity index (χ1n) is 9.93. The Morgan fingerprint density at radius 2 is 1.49 bits per heavy atom. The Morgan fingerprint density at radius 3 is 2.03 bits per heavy atom. The molecule has 2 aromatic rings. The van der Waals surface area contributed by atoms with E-state index >= 15 is 0 Å². The van der Waals surface area contributed by atoms with Gasteiger partial charge in [-0.05, 0) is 12.3 Å². The number of hydrogen-bond acceptors (Lipinski definition) is 10. The minimum atomic E-state index is -0.912. The van der Waals surface area contributed by atoms with Crippen LogP contribution in [0.15, 0.2) is 52.9 Å². The molecule has 0 aliphatic heterocycles. The third-order valence-electron chi connectivity index (χ3n) is 4.62. The van der Waals surface area contributed by atoms with Crippen LogP contribution >= 0.6 is 11.8 Å². The highest BCUT2D eigenvalue weighted by atomic mass is 32.2. The summed E-state index contributed by atoms with van der Waals surface area (Å²) in [6.07, 6.45) is 2.22. The number of carbonyl (C=O) groups excluding carboxylic acids is 5. The fourth-order valence-corrected chi connectivity index (χ4v) is 3.68. The zero-order valence-corrected chi connectivity index (χ0v) is 20.5. The number of nitrogens with zero attached hydrogens (tertiary/aromatic N) is 1. The number of hydrogen-bond donors (Lipinski definition) is 0. The van der Waals surface area contributed by atoms with Crippen LogP contribution in [0.5, 0.6) is 0 Å². The fourth-order valence-electron chi connectivity index (χ4n) is 2.92. The molecule has 0 radical (unpaired) electrons. The molecule has 11 heteroatoms. The predicted octanol–water partition coefficient (Wildman–Crippen LogP) is 3.07. The van der Waals surface area contributed by atoms with E-state index in [-0.39, 0.29) is 27.3 Å². The number of thioether (sulfide) groups is 1. The van der Waals surface area contributed by atoms with Crippen LogP contribution in [0.1, 0.15) is 43.7 Å². The molecule has 0 saturated heterocycles. The van der Waals surface area contributed by atoms with Gasteiger partial charge < -0.3 is 23.5 Å². The second kappa shape index (κ2) is 12.4. The Kier molecular flexibility index (Phi) is 9.59. The summed E-state index contributed by atoms with van der Waals surface area (Å²) in [7, 11) is 4.57. The lowest BCUT2D eigenvalue weighted by atomic mass is 10.0. The van der Waals surface area contributed by atoms with Gasteiger partial charge in [0.25, 0.3) is 0 Å². The molecule has 0 atom stereocenters. The molecule has 35 heavy (non-hydrogen) atoms. The van der Waals surface area contributed by atoms with Crippen LogP contribution in [-0.2, 0) is 28.5 Å². The molecule has 0 fully saturated rings. The molecular weight excluding hydrogens is 478 g/mol. The molecule has 0 aliphatic carbocycles. The number of benzene rings is 1. The third-order valence-corrected chi connectivity index (χ3v) is 5.62. The molecule has 0 bridgehead atoms. The maximum absolute atomic E-state index is 13.5. The topological polar surface area (TPSA) is 127 Å². The lowest BCUT2D eigenvalue weighted by Gasteiger charge is -2.11. The summed E-state index contributed by atoms with van der Waals surface area (Å²) in [6, 6.07) is 8.14. The van der Waals surface area contributed by atoms with E-state index in [4.69, 9.17) is 9.47 Å². The van der Waals surface area contributed by atoms with Crippen molar-refractivity contribution in [1.82, 2.24) is 4.57 Å². The van der Waals surface area contributed by atoms with Crippen molar-refractivity contribution in [3.8, 4) is 0 Å². The average Bonchev–Trinajstić information content (AvgIpc) is 3.30. The zero-order valence-electron chi connectivity index (χ0n) is 19.6. The third kappa shape index (κ3) is 6.27. The smallest absolute Gasteiger partial charge is 0.344 e. The minimum Gasteiger partial charge on any atom is -0.466 e. The van der Waals surface area contributed by atoms with Crippen molar-refractivity contribution in [3.05, 3.63) is 75.3 Å². The molecule has 0 saturated carbocycles. The van der Waals surface area contributed by atoms with Gasteiger partial charge in [-0.2, -0.15) is 0 Å². The van der Waals surface area contributed by atoms with E-state index < -0.39 is 29.7 Å². The van der Waals surface area contributed by atoms with Crippen molar-refractivity contribution in [2.24, 2.45) is 0 Å². The van der Waals surface area contributed by atoms with Crippen LogP contribution in [0.2, 0.25) is 0 Å². The minimum absolute atomic E-state index is 0.0943. The van der Waals surface area contributed by atoms with E-state index in [1.807, 2.05) is 0 Å². The van der Waals surface area contributed by atoms with Gasteiger partial charge in [-0.3, -0.25) is 4.79 Å². The Labute approximate surface area is 205 Å². The highest BCUT2D eigenvalue weighted by Gasteiger charge is 2.32. The molecule has 0 aliphatic rings. The van der Waals surface area contributed by atoms with Crippen LogP contribution < -0.4 is 0 Å². The molecule has 0 unspecified atom stereocenters. The van der Waals surface area contributed by atoms with Gasteiger partial charge in [0.1, 0.15) is 16.2 Å². The summed E-state index contributed by atoms with van der Waals surface area (Å²) in [6.45, 7) is 1.57. The quantitative estimate of drug-likeness (QED) is 0.219. The van der Waals surface area contributed by atoms with E-state index in [9.17, 15) is 24.0 Å². The highest BCUT2D eigenvalue weighted by Crippen LogP contribution is 2.29. The van der Waals surface area contributed by atoms with E-state index in [1.165, 1.54) is 16.2 Å². The Morgan fingerprint density at radius 1 is 0.857 bits per heavy atom. The molecule has 184 valence electrons. The van der Waals surface area contributed by atoms with E-state index in [0.717, 1.165) is 46.3 Å². The first-order valence-corrected chi connectivity index (χ1v) is 10.8. The molecule has 1 heterocycles. The lowest BCUT2D eigenvalue weighted by molar-refractivity contribution is -0.137. The number of methoxy groups -OCH3 is 4. The van der Waals surface area contributed by atoms with E-state index in [0.29, 0.717) is 5.70 Å². The predicted molar refractivity (Wildman–Crippen MR) is 127 cm³/mol. The summed E-state index contributed by atoms with van der Waals surface area (Å²) in [4.78, 5) is 62.1. The molecule has 2 rings (SSSR count). The summed E-state index contributed by atoms with van der Waals surface area (Å²) >= 11 is 0.820. The largest absolute Gasteiger partial charge is 0.466 e. The van der Waals surface area contributed by atoms with Crippen LogP contribution in [0.25, 0.3) is 5.70 Å². The SMILES string of the molecule is COC(=O)/C=C(\S/C=C(/C)n1cc(C(=O)OC)c(C(=O)OC)c1C(=O)c1ccccc1)C(=O)OC. The van der Waals surface area contributed by atoms with Gasteiger partial charge >= 0.3 is 23.9 Å². The van der Waals surface area contributed by atoms with Gasteiger partial charge in [-0.15, -0.1) is 0 Å². The Balaban J connectivity index is 2.72. The first kappa shape index (κ1) is 27.1. The number of ketones is 1. The van der Waals surface area contributed by atoms with Crippen molar-refractivity contribution in [3.63, 3.8) is 0 Å². The van der Waals surface area contributed by atoms with Gasteiger partial charge in [0.05, 0.1) is 34.0 Å². The molecule has 1 aromatic heterocycles. The first-order chi connectivity index (χ1) is 16.7. The second-order valence-electron chi connectivity index (χ2n) is 6.72. The normalized spacial score (nSPS) is 11.5. The number of esters is 4. The lowest BCUT2D eigenvalue weighted by Crippen LogP contribution is -2.16. The van der Waals surface area contributed by atoms with Crippen LogP contribution in [-0.4, -0.2) is 62.7 Å². The number of rotatable bonds is 9.